The molecular weight excluding hydrogens is 340 g/mol. The smallest absolute Gasteiger partial charge is 0.257 e. The highest BCUT2D eigenvalue weighted by molar-refractivity contribution is 9.10. The number of benzene rings is 2. The van der Waals surface area contributed by atoms with Crippen molar-refractivity contribution in [2.45, 2.75) is 6.42 Å². The molecule has 100 valence electrons. The van der Waals surface area contributed by atoms with E-state index in [0.717, 1.165) is 15.6 Å². The van der Waals surface area contributed by atoms with E-state index in [-0.39, 0.29) is 0 Å². The summed E-state index contributed by atoms with van der Waals surface area (Å²) in [6.07, 6.45) is 0.555. The first-order valence-corrected chi connectivity index (χ1v) is 7.21. The largest absolute Gasteiger partial charge is 0.334 e. The standard InChI is InChI=1S/C15H10BrClN2O/c16-12-7-5-10(6-8-12)15-18-14(19-20-15)9-11-3-1-2-4-13(11)17/h1-8H,9H2. The Morgan fingerprint density at radius 3 is 2.55 bits per heavy atom. The minimum absolute atomic E-state index is 0.513. The summed E-state index contributed by atoms with van der Waals surface area (Å²) in [7, 11) is 0. The molecule has 0 aliphatic heterocycles. The van der Waals surface area contributed by atoms with Gasteiger partial charge in [0, 0.05) is 21.5 Å². The van der Waals surface area contributed by atoms with Crippen molar-refractivity contribution in [3.8, 4) is 11.5 Å². The maximum absolute atomic E-state index is 6.12. The highest BCUT2D eigenvalue weighted by atomic mass is 79.9. The Hall–Kier alpha value is -1.65. The Balaban J connectivity index is 1.84. The molecule has 0 N–H and O–H groups in total. The van der Waals surface area contributed by atoms with Gasteiger partial charge in [-0.05, 0) is 35.9 Å². The van der Waals surface area contributed by atoms with Gasteiger partial charge in [-0.3, -0.25) is 0 Å². The monoisotopic (exact) mass is 348 g/mol. The normalized spacial score (nSPS) is 10.7. The van der Waals surface area contributed by atoms with Crippen LogP contribution in [0.1, 0.15) is 11.4 Å². The Bertz CT molecular complexity index is 725. The van der Waals surface area contributed by atoms with Gasteiger partial charge < -0.3 is 4.52 Å². The summed E-state index contributed by atoms with van der Waals surface area (Å²) in [6.45, 7) is 0. The molecule has 0 atom stereocenters. The minimum atomic E-state index is 0.513. The molecule has 0 unspecified atom stereocenters. The van der Waals surface area contributed by atoms with Gasteiger partial charge in [-0.2, -0.15) is 4.98 Å². The molecule has 0 radical (unpaired) electrons. The number of halogens is 2. The van der Waals surface area contributed by atoms with Crippen LogP contribution in [0.25, 0.3) is 11.5 Å². The van der Waals surface area contributed by atoms with Gasteiger partial charge >= 0.3 is 0 Å². The molecule has 5 heteroatoms. The SMILES string of the molecule is Clc1ccccc1Cc1noc(-c2ccc(Br)cc2)n1. The number of nitrogens with zero attached hydrogens (tertiary/aromatic N) is 2. The summed E-state index contributed by atoms with van der Waals surface area (Å²) < 4.78 is 6.29. The van der Waals surface area contributed by atoms with E-state index >= 15 is 0 Å². The second-order valence-corrected chi connectivity index (χ2v) is 5.61. The van der Waals surface area contributed by atoms with Crippen molar-refractivity contribution in [2.24, 2.45) is 0 Å². The van der Waals surface area contributed by atoms with Crippen LogP contribution >= 0.6 is 27.5 Å². The molecule has 0 fully saturated rings. The molecule has 1 heterocycles. The van der Waals surface area contributed by atoms with Gasteiger partial charge in [0.2, 0.25) is 0 Å². The molecular formula is C15H10BrClN2O. The highest BCUT2D eigenvalue weighted by Gasteiger charge is 2.10. The van der Waals surface area contributed by atoms with Crippen LogP contribution in [0.15, 0.2) is 57.5 Å². The lowest BCUT2D eigenvalue weighted by atomic mass is 10.1. The van der Waals surface area contributed by atoms with E-state index in [2.05, 4.69) is 26.1 Å². The maximum atomic E-state index is 6.12. The average molecular weight is 350 g/mol. The summed E-state index contributed by atoms with van der Waals surface area (Å²) in [5, 5.41) is 4.71. The van der Waals surface area contributed by atoms with E-state index in [1.807, 2.05) is 48.5 Å². The first-order chi connectivity index (χ1) is 9.72. The third kappa shape index (κ3) is 2.92. The third-order valence-corrected chi connectivity index (χ3v) is 3.76. The van der Waals surface area contributed by atoms with Crippen molar-refractivity contribution in [3.63, 3.8) is 0 Å². The average Bonchev–Trinajstić information content (AvgIpc) is 2.91. The predicted molar refractivity (Wildman–Crippen MR) is 81.7 cm³/mol. The zero-order chi connectivity index (χ0) is 13.9. The molecule has 0 aliphatic carbocycles. The summed E-state index contributed by atoms with van der Waals surface area (Å²) in [5.41, 5.74) is 1.88. The predicted octanol–water partition coefficient (Wildman–Crippen LogP) is 4.74. The number of aromatic nitrogens is 2. The first kappa shape index (κ1) is 13.3. The minimum Gasteiger partial charge on any atom is -0.334 e. The van der Waals surface area contributed by atoms with E-state index in [1.165, 1.54) is 0 Å². The fourth-order valence-electron chi connectivity index (χ4n) is 1.85. The lowest BCUT2D eigenvalue weighted by Crippen LogP contribution is -1.91. The Morgan fingerprint density at radius 1 is 1.05 bits per heavy atom. The lowest BCUT2D eigenvalue weighted by molar-refractivity contribution is 0.424. The van der Waals surface area contributed by atoms with E-state index in [4.69, 9.17) is 16.1 Å². The number of rotatable bonds is 3. The number of hydrogen-bond acceptors (Lipinski definition) is 3. The van der Waals surface area contributed by atoms with Crippen LogP contribution in [0.4, 0.5) is 0 Å². The van der Waals surface area contributed by atoms with Gasteiger partial charge in [-0.1, -0.05) is 50.9 Å². The van der Waals surface area contributed by atoms with E-state index < -0.39 is 0 Å². The van der Waals surface area contributed by atoms with Gasteiger partial charge in [0.1, 0.15) is 0 Å². The molecule has 0 saturated heterocycles. The quantitative estimate of drug-likeness (QED) is 0.685. The fourth-order valence-corrected chi connectivity index (χ4v) is 2.31. The van der Waals surface area contributed by atoms with Gasteiger partial charge in [-0.15, -0.1) is 0 Å². The van der Waals surface area contributed by atoms with Crippen molar-refractivity contribution < 1.29 is 4.52 Å². The molecule has 2 aromatic carbocycles. The van der Waals surface area contributed by atoms with Gasteiger partial charge in [0.25, 0.3) is 5.89 Å². The van der Waals surface area contributed by atoms with E-state index in [0.29, 0.717) is 23.2 Å². The second kappa shape index (κ2) is 5.77. The summed E-state index contributed by atoms with van der Waals surface area (Å²) in [5.74, 6) is 1.13. The van der Waals surface area contributed by atoms with E-state index in [1.54, 1.807) is 0 Å². The van der Waals surface area contributed by atoms with Crippen molar-refractivity contribution in [2.75, 3.05) is 0 Å². The first-order valence-electron chi connectivity index (χ1n) is 6.04. The van der Waals surface area contributed by atoms with Crippen LogP contribution in [-0.2, 0) is 6.42 Å². The zero-order valence-electron chi connectivity index (χ0n) is 10.4. The Morgan fingerprint density at radius 2 is 1.80 bits per heavy atom. The van der Waals surface area contributed by atoms with Crippen LogP contribution < -0.4 is 0 Å². The molecule has 0 aliphatic rings. The van der Waals surface area contributed by atoms with Gasteiger partial charge in [0.05, 0.1) is 0 Å². The molecule has 0 bridgehead atoms. The van der Waals surface area contributed by atoms with Crippen molar-refractivity contribution in [1.82, 2.24) is 10.1 Å². The lowest BCUT2D eigenvalue weighted by Gasteiger charge is -1.98. The topological polar surface area (TPSA) is 38.9 Å². The highest BCUT2D eigenvalue weighted by Crippen LogP contribution is 2.22. The van der Waals surface area contributed by atoms with Crippen LogP contribution in [0.2, 0.25) is 5.02 Å². The maximum Gasteiger partial charge on any atom is 0.257 e. The molecule has 0 saturated carbocycles. The van der Waals surface area contributed by atoms with Crippen LogP contribution in [-0.4, -0.2) is 10.1 Å². The Labute approximate surface area is 129 Å². The van der Waals surface area contributed by atoms with Gasteiger partial charge in [-0.25, -0.2) is 0 Å². The summed E-state index contributed by atoms with van der Waals surface area (Å²) in [6, 6.07) is 15.4. The van der Waals surface area contributed by atoms with Crippen LogP contribution in [0, 0.1) is 0 Å². The Kier molecular flexibility index (Phi) is 3.85. The van der Waals surface area contributed by atoms with Crippen molar-refractivity contribution in [3.05, 3.63) is 69.4 Å². The van der Waals surface area contributed by atoms with Crippen molar-refractivity contribution in [1.29, 1.82) is 0 Å². The van der Waals surface area contributed by atoms with Crippen molar-refractivity contribution >= 4 is 27.5 Å². The summed E-state index contributed by atoms with van der Waals surface area (Å²) >= 11 is 9.52. The van der Waals surface area contributed by atoms with Crippen LogP contribution in [0.3, 0.4) is 0 Å². The molecule has 1 aromatic heterocycles. The second-order valence-electron chi connectivity index (χ2n) is 4.29. The number of hydrogen-bond donors (Lipinski definition) is 0. The molecule has 0 spiro atoms. The summed E-state index contributed by atoms with van der Waals surface area (Å²) in [4.78, 5) is 4.39. The third-order valence-electron chi connectivity index (χ3n) is 2.87. The zero-order valence-corrected chi connectivity index (χ0v) is 12.7. The molecule has 0 amide bonds. The molecule has 3 rings (SSSR count). The molecule has 3 nitrogen and oxygen atoms in total. The van der Waals surface area contributed by atoms with E-state index in [9.17, 15) is 0 Å². The molecule has 20 heavy (non-hydrogen) atoms. The van der Waals surface area contributed by atoms with Crippen LogP contribution in [0.5, 0.6) is 0 Å². The molecule has 3 aromatic rings. The fraction of sp³-hybridized carbons (Fsp3) is 0.0667. The van der Waals surface area contributed by atoms with Gasteiger partial charge in [0.15, 0.2) is 5.82 Å².